The highest BCUT2D eigenvalue weighted by molar-refractivity contribution is 7.13. The Balaban J connectivity index is 1.38. The van der Waals surface area contributed by atoms with E-state index in [0.717, 1.165) is 10.6 Å². The fraction of sp³-hybridized carbons (Fsp3) is 0.0500. The molecule has 8 nitrogen and oxygen atoms in total. The van der Waals surface area contributed by atoms with Gasteiger partial charge >= 0.3 is 0 Å². The maximum absolute atomic E-state index is 14.0. The van der Waals surface area contributed by atoms with E-state index in [1.165, 1.54) is 29.3 Å². The Morgan fingerprint density at radius 3 is 2.90 bits per heavy atom. The molecule has 0 saturated carbocycles. The first-order chi connectivity index (χ1) is 15.1. The largest absolute Gasteiger partial charge is 0.289 e. The summed E-state index contributed by atoms with van der Waals surface area (Å²) in [6, 6.07) is 10.2. The van der Waals surface area contributed by atoms with Gasteiger partial charge in [-0.25, -0.2) is 23.6 Å². The Labute approximate surface area is 184 Å². The number of fused-ring (bicyclic) bond motifs is 1. The van der Waals surface area contributed by atoms with Gasteiger partial charge in [-0.05, 0) is 29.6 Å². The molecule has 0 saturated heterocycles. The van der Waals surface area contributed by atoms with Crippen LogP contribution in [0.4, 0.5) is 10.3 Å². The molecule has 4 heterocycles. The number of rotatable bonds is 5. The van der Waals surface area contributed by atoms with Gasteiger partial charge in [0.25, 0.3) is 5.91 Å². The van der Waals surface area contributed by atoms with E-state index in [2.05, 4.69) is 25.5 Å². The second-order valence-corrected chi connectivity index (χ2v) is 7.88. The first-order valence-electron chi connectivity index (χ1n) is 9.10. The van der Waals surface area contributed by atoms with Crippen LogP contribution in [0.3, 0.4) is 0 Å². The van der Waals surface area contributed by atoms with Gasteiger partial charge in [-0.2, -0.15) is 5.10 Å². The normalized spacial score (nSPS) is 11.2. The van der Waals surface area contributed by atoms with Crippen LogP contribution in [0.2, 0.25) is 5.02 Å². The van der Waals surface area contributed by atoms with Crippen LogP contribution in [0.15, 0.2) is 60.5 Å². The Morgan fingerprint density at radius 2 is 2.10 bits per heavy atom. The van der Waals surface area contributed by atoms with Gasteiger partial charge in [0.15, 0.2) is 5.65 Å². The zero-order valence-electron chi connectivity index (χ0n) is 15.7. The minimum absolute atomic E-state index is 0.0752. The molecule has 0 bridgehead atoms. The summed E-state index contributed by atoms with van der Waals surface area (Å²) >= 11 is 7.63. The number of aromatic nitrogens is 6. The van der Waals surface area contributed by atoms with Crippen LogP contribution in [-0.2, 0) is 6.54 Å². The summed E-state index contributed by atoms with van der Waals surface area (Å²) in [5.41, 5.74) is 1.83. The average Bonchev–Trinajstić information content (AvgIpc) is 3.51. The highest BCUT2D eigenvalue weighted by Crippen LogP contribution is 2.25. The molecule has 1 N–H and O–H groups in total. The molecule has 0 spiro atoms. The van der Waals surface area contributed by atoms with Gasteiger partial charge in [0.05, 0.1) is 23.3 Å². The van der Waals surface area contributed by atoms with Crippen molar-refractivity contribution in [3.8, 4) is 10.6 Å². The van der Waals surface area contributed by atoms with Crippen LogP contribution in [0.1, 0.15) is 15.9 Å². The van der Waals surface area contributed by atoms with Crippen molar-refractivity contribution in [1.82, 2.24) is 29.4 Å². The molecule has 5 rings (SSSR count). The number of carbonyl (C=O) groups is 1. The second-order valence-electron chi connectivity index (χ2n) is 6.52. The predicted octanol–water partition coefficient (Wildman–Crippen LogP) is 4.14. The van der Waals surface area contributed by atoms with E-state index in [-0.39, 0.29) is 18.1 Å². The third-order valence-electron chi connectivity index (χ3n) is 4.56. The summed E-state index contributed by atoms with van der Waals surface area (Å²) in [6.07, 6.45) is 4.47. The zero-order valence-corrected chi connectivity index (χ0v) is 17.3. The summed E-state index contributed by atoms with van der Waals surface area (Å²) < 4.78 is 17.0. The maximum Gasteiger partial charge on any atom is 0.263 e. The number of amides is 1. The first kappa shape index (κ1) is 19.3. The highest BCUT2D eigenvalue weighted by Gasteiger charge is 2.18. The Bertz CT molecular complexity index is 1380. The van der Waals surface area contributed by atoms with Crippen molar-refractivity contribution < 1.29 is 9.18 Å². The molecule has 5 aromatic rings. The average molecular weight is 454 g/mol. The van der Waals surface area contributed by atoms with E-state index in [1.54, 1.807) is 28.1 Å². The molecule has 0 aliphatic carbocycles. The molecule has 154 valence electrons. The number of hydrogen-bond acceptors (Lipinski definition) is 6. The van der Waals surface area contributed by atoms with Gasteiger partial charge < -0.3 is 0 Å². The number of halogens is 2. The van der Waals surface area contributed by atoms with Gasteiger partial charge in [0, 0.05) is 16.8 Å². The molecule has 0 atom stereocenters. The molecule has 0 radical (unpaired) electrons. The van der Waals surface area contributed by atoms with Gasteiger partial charge in [0.1, 0.15) is 17.7 Å². The Kier molecular flexibility index (Phi) is 4.92. The lowest BCUT2D eigenvalue weighted by molar-refractivity contribution is 0.102. The summed E-state index contributed by atoms with van der Waals surface area (Å²) in [7, 11) is 0. The molecule has 1 aromatic carbocycles. The van der Waals surface area contributed by atoms with Crippen LogP contribution in [0, 0.1) is 5.82 Å². The summed E-state index contributed by atoms with van der Waals surface area (Å²) in [6.45, 7) is 0.0802. The Hall–Kier alpha value is -3.63. The number of anilines is 1. The molecular formula is C20H13ClFN7OS. The number of nitrogens with zero attached hydrogens (tertiary/aromatic N) is 6. The summed E-state index contributed by atoms with van der Waals surface area (Å²) in [5.74, 6) is -0.814. The lowest BCUT2D eigenvalue weighted by Crippen LogP contribution is -2.14. The molecule has 31 heavy (non-hydrogen) atoms. The number of benzene rings is 1. The second kappa shape index (κ2) is 7.89. The topological polar surface area (TPSA) is 90.0 Å². The van der Waals surface area contributed by atoms with E-state index in [1.807, 2.05) is 23.6 Å². The van der Waals surface area contributed by atoms with E-state index >= 15 is 0 Å². The van der Waals surface area contributed by atoms with Crippen molar-refractivity contribution in [2.24, 2.45) is 0 Å². The highest BCUT2D eigenvalue weighted by atomic mass is 35.5. The van der Waals surface area contributed by atoms with Gasteiger partial charge in [0.2, 0.25) is 5.95 Å². The summed E-state index contributed by atoms with van der Waals surface area (Å²) in [4.78, 5) is 22.2. The molecule has 0 unspecified atom stereocenters. The molecule has 0 fully saturated rings. The van der Waals surface area contributed by atoms with E-state index in [4.69, 9.17) is 11.6 Å². The van der Waals surface area contributed by atoms with E-state index < -0.39 is 11.7 Å². The van der Waals surface area contributed by atoms with Crippen molar-refractivity contribution in [3.63, 3.8) is 0 Å². The van der Waals surface area contributed by atoms with Crippen molar-refractivity contribution in [2.45, 2.75) is 6.54 Å². The van der Waals surface area contributed by atoms with E-state index in [9.17, 15) is 9.18 Å². The number of thiophene rings is 1. The number of carbonyl (C=O) groups excluding carboxylic acids is 1. The summed E-state index contributed by atoms with van der Waals surface area (Å²) in [5, 5.41) is 13.4. The van der Waals surface area contributed by atoms with Gasteiger partial charge in [-0.3, -0.25) is 10.1 Å². The number of nitrogens with one attached hydrogen (secondary N) is 1. The molecule has 4 aromatic heterocycles. The third-order valence-corrected chi connectivity index (χ3v) is 5.81. The van der Waals surface area contributed by atoms with Gasteiger partial charge in [-0.1, -0.05) is 23.7 Å². The van der Waals surface area contributed by atoms with Crippen molar-refractivity contribution in [1.29, 1.82) is 0 Å². The lowest BCUT2D eigenvalue weighted by Gasteiger charge is -2.05. The third kappa shape index (κ3) is 3.66. The molecule has 1 amide bonds. The van der Waals surface area contributed by atoms with Crippen LogP contribution < -0.4 is 5.32 Å². The van der Waals surface area contributed by atoms with Crippen LogP contribution in [0.5, 0.6) is 0 Å². The predicted molar refractivity (Wildman–Crippen MR) is 115 cm³/mol. The fourth-order valence-corrected chi connectivity index (χ4v) is 4.06. The number of hydrogen-bond donors (Lipinski definition) is 1. The monoisotopic (exact) mass is 453 g/mol. The maximum atomic E-state index is 14.0. The zero-order chi connectivity index (χ0) is 21.4. The molecule has 11 heteroatoms. The molecule has 0 aliphatic heterocycles. The Morgan fingerprint density at radius 1 is 1.19 bits per heavy atom. The van der Waals surface area contributed by atoms with Crippen LogP contribution in [0.25, 0.3) is 16.2 Å². The fourth-order valence-electron chi connectivity index (χ4n) is 3.10. The van der Waals surface area contributed by atoms with E-state index in [0.29, 0.717) is 16.2 Å². The standard InChI is InChI=1S/C20H13ClFN7OS/c21-14-3-1-4-15(22)13(14)10-28-11-24-20(27-28)26-19(30)12-9-25-29-16(6-7-23-18(12)29)17-5-2-8-31-17/h1-9,11H,10H2,(H,26,27,30). The van der Waals surface area contributed by atoms with Crippen molar-refractivity contribution in [2.75, 3.05) is 5.32 Å². The molecule has 0 aliphatic rings. The smallest absolute Gasteiger partial charge is 0.263 e. The van der Waals surface area contributed by atoms with Crippen molar-refractivity contribution >= 4 is 40.4 Å². The first-order valence-corrected chi connectivity index (χ1v) is 10.4. The SMILES string of the molecule is O=C(Nc1ncn(Cc2c(F)cccc2Cl)n1)c1cnn2c(-c3cccs3)ccnc12. The van der Waals surface area contributed by atoms with Crippen LogP contribution >= 0.6 is 22.9 Å². The molecular weight excluding hydrogens is 441 g/mol. The minimum Gasteiger partial charge on any atom is -0.289 e. The van der Waals surface area contributed by atoms with Gasteiger partial charge in [-0.15, -0.1) is 16.4 Å². The quantitative estimate of drug-likeness (QED) is 0.432. The minimum atomic E-state index is -0.451. The van der Waals surface area contributed by atoms with Crippen LogP contribution in [-0.4, -0.2) is 35.3 Å². The van der Waals surface area contributed by atoms with Crippen molar-refractivity contribution in [3.05, 3.63) is 82.5 Å². The lowest BCUT2D eigenvalue weighted by atomic mass is 10.2.